The summed E-state index contributed by atoms with van der Waals surface area (Å²) in [5.41, 5.74) is 6.28. The number of anilines is 1. The van der Waals surface area contributed by atoms with E-state index in [-0.39, 0.29) is 5.92 Å². The molecule has 0 unspecified atom stereocenters. The van der Waals surface area contributed by atoms with Crippen molar-refractivity contribution in [3.8, 4) is 0 Å². The van der Waals surface area contributed by atoms with Crippen molar-refractivity contribution in [1.29, 1.82) is 0 Å². The van der Waals surface area contributed by atoms with E-state index in [9.17, 15) is 4.79 Å². The van der Waals surface area contributed by atoms with Crippen LogP contribution in [0, 0.1) is 19.8 Å². The van der Waals surface area contributed by atoms with Crippen LogP contribution in [0.4, 0.5) is 11.4 Å². The van der Waals surface area contributed by atoms with E-state index in [1.54, 1.807) is 0 Å². The van der Waals surface area contributed by atoms with Gasteiger partial charge in [0.05, 0.1) is 11.6 Å². The van der Waals surface area contributed by atoms with Gasteiger partial charge in [-0.3, -0.25) is 14.7 Å². The molecular formula is C29H39ClN4O. The number of nitrogens with zero attached hydrogens (tertiary/aromatic N) is 4. The molecule has 0 radical (unpaired) electrons. The molecule has 2 aromatic rings. The van der Waals surface area contributed by atoms with Crippen LogP contribution in [0.1, 0.15) is 50.3 Å². The first kappa shape index (κ1) is 25.7. The Morgan fingerprint density at radius 2 is 1.77 bits per heavy atom. The van der Waals surface area contributed by atoms with Gasteiger partial charge in [0.1, 0.15) is 0 Å². The number of hydrogen-bond donors (Lipinski definition) is 0. The topological polar surface area (TPSA) is 39.2 Å². The molecule has 0 bridgehead atoms. The molecule has 6 heteroatoms. The highest BCUT2D eigenvalue weighted by Gasteiger charge is 2.31. The minimum absolute atomic E-state index is 0.0539. The summed E-state index contributed by atoms with van der Waals surface area (Å²) >= 11 is 6.62. The number of carbonyl (C=O) groups excluding carboxylic acids is 1. The van der Waals surface area contributed by atoms with Crippen LogP contribution >= 0.6 is 11.6 Å². The van der Waals surface area contributed by atoms with Crippen LogP contribution in [0.15, 0.2) is 41.4 Å². The molecule has 4 rings (SSSR count). The van der Waals surface area contributed by atoms with Crippen molar-refractivity contribution in [2.24, 2.45) is 10.9 Å². The van der Waals surface area contributed by atoms with Gasteiger partial charge >= 0.3 is 0 Å². The van der Waals surface area contributed by atoms with E-state index in [2.05, 4.69) is 72.7 Å². The van der Waals surface area contributed by atoms with Gasteiger partial charge in [-0.25, -0.2) is 0 Å². The molecule has 0 aliphatic carbocycles. The Balaban J connectivity index is 1.48. The average molecular weight is 495 g/mol. The molecule has 2 aliphatic rings. The largest absolute Gasteiger partial charge is 0.371 e. The standard InChI is InChI=1S/C29H39ClN4O/c1-20(2)32-13-15-33(16-14-32)29(35)24-7-6-12-34(19-24)25-10-11-27(30)26(18-25)23(5)31-28-17-21(3)8-9-22(28)4/h8-11,17-18,20,24H,6-7,12-16,19H2,1-5H3/t24-/m1/s1. The number of aliphatic imine (C=N–C) groups is 1. The SMILES string of the molecule is CC(=Nc1cc(C)ccc1C)c1cc(N2CCC[C@@H](C(=O)N3CCN(C(C)C)CC3)C2)ccc1Cl. The maximum Gasteiger partial charge on any atom is 0.227 e. The maximum atomic E-state index is 13.3. The Morgan fingerprint density at radius 1 is 1.03 bits per heavy atom. The van der Waals surface area contributed by atoms with Crippen molar-refractivity contribution in [2.75, 3.05) is 44.2 Å². The van der Waals surface area contributed by atoms with Gasteiger partial charge < -0.3 is 9.80 Å². The van der Waals surface area contributed by atoms with Gasteiger partial charge in [0.25, 0.3) is 0 Å². The Bertz CT molecular complexity index is 1090. The molecule has 188 valence electrons. The molecule has 1 atom stereocenters. The summed E-state index contributed by atoms with van der Waals surface area (Å²) in [5.74, 6) is 0.373. The summed E-state index contributed by atoms with van der Waals surface area (Å²) in [6.45, 7) is 16.0. The van der Waals surface area contributed by atoms with Gasteiger partial charge in [-0.05, 0) is 82.9 Å². The number of benzene rings is 2. The van der Waals surface area contributed by atoms with E-state index in [1.807, 2.05) is 13.0 Å². The van der Waals surface area contributed by atoms with E-state index in [4.69, 9.17) is 16.6 Å². The molecule has 2 heterocycles. The average Bonchev–Trinajstić information content (AvgIpc) is 2.86. The Kier molecular flexibility index (Phi) is 8.18. The van der Waals surface area contributed by atoms with Crippen molar-refractivity contribution in [3.05, 3.63) is 58.1 Å². The van der Waals surface area contributed by atoms with Gasteiger partial charge in [-0.15, -0.1) is 0 Å². The molecule has 0 N–H and O–H groups in total. The highest BCUT2D eigenvalue weighted by molar-refractivity contribution is 6.34. The molecule has 35 heavy (non-hydrogen) atoms. The predicted molar refractivity (Wildman–Crippen MR) is 147 cm³/mol. The monoisotopic (exact) mass is 494 g/mol. The van der Waals surface area contributed by atoms with Crippen molar-refractivity contribution < 1.29 is 4.79 Å². The lowest BCUT2D eigenvalue weighted by Gasteiger charge is -2.40. The summed E-state index contributed by atoms with van der Waals surface area (Å²) in [5, 5.41) is 0.702. The minimum atomic E-state index is 0.0539. The van der Waals surface area contributed by atoms with Crippen LogP contribution in [0.2, 0.25) is 5.02 Å². The molecule has 2 aliphatic heterocycles. The number of hydrogen-bond acceptors (Lipinski definition) is 4. The lowest BCUT2D eigenvalue weighted by Crippen LogP contribution is -2.53. The van der Waals surface area contributed by atoms with E-state index in [1.165, 1.54) is 5.56 Å². The van der Waals surface area contributed by atoms with Gasteiger partial charge in [0, 0.05) is 67.3 Å². The smallest absolute Gasteiger partial charge is 0.227 e. The molecule has 0 saturated carbocycles. The number of piperazine rings is 1. The molecule has 0 spiro atoms. The number of amides is 1. The van der Waals surface area contributed by atoms with Crippen LogP contribution in [-0.2, 0) is 4.79 Å². The fourth-order valence-corrected chi connectivity index (χ4v) is 5.45. The van der Waals surface area contributed by atoms with Crippen LogP contribution in [0.25, 0.3) is 0 Å². The first-order valence-electron chi connectivity index (χ1n) is 12.9. The van der Waals surface area contributed by atoms with Crippen molar-refractivity contribution >= 4 is 34.6 Å². The second-order valence-corrected chi connectivity index (χ2v) is 10.8. The van der Waals surface area contributed by atoms with E-state index < -0.39 is 0 Å². The first-order valence-corrected chi connectivity index (χ1v) is 13.3. The predicted octanol–water partition coefficient (Wildman–Crippen LogP) is 5.87. The highest BCUT2D eigenvalue weighted by atomic mass is 35.5. The third-order valence-corrected chi connectivity index (χ3v) is 7.81. The summed E-state index contributed by atoms with van der Waals surface area (Å²) in [6.07, 6.45) is 1.99. The summed E-state index contributed by atoms with van der Waals surface area (Å²) in [6, 6.07) is 13.0. The summed E-state index contributed by atoms with van der Waals surface area (Å²) in [7, 11) is 0. The summed E-state index contributed by atoms with van der Waals surface area (Å²) in [4.78, 5) is 25.1. The van der Waals surface area contributed by atoms with Gasteiger partial charge in [-0.1, -0.05) is 23.7 Å². The fraction of sp³-hybridized carbons (Fsp3) is 0.517. The molecule has 2 saturated heterocycles. The molecular weight excluding hydrogens is 456 g/mol. The zero-order valence-corrected chi connectivity index (χ0v) is 22.6. The van der Waals surface area contributed by atoms with Crippen molar-refractivity contribution in [2.45, 2.75) is 53.5 Å². The molecule has 2 aromatic carbocycles. The van der Waals surface area contributed by atoms with E-state index in [0.29, 0.717) is 17.0 Å². The highest BCUT2D eigenvalue weighted by Crippen LogP contribution is 2.30. The lowest BCUT2D eigenvalue weighted by atomic mass is 9.95. The normalized spacial score (nSPS) is 20.0. The molecule has 1 amide bonds. The number of halogens is 1. The van der Waals surface area contributed by atoms with Crippen LogP contribution in [-0.4, -0.2) is 66.7 Å². The quantitative estimate of drug-likeness (QED) is 0.488. The number of rotatable bonds is 5. The number of carbonyl (C=O) groups is 1. The Hall–Kier alpha value is -2.37. The van der Waals surface area contributed by atoms with Crippen molar-refractivity contribution in [1.82, 2.24) is 9.80 Å². The first-order chi connectivity index (χ1) is 16.7. The Morgan fingerprint density at radius 3 is 2.49 bits per heavy atom. The third-order valence-electron chi connectivity index (χ3n) is 7.48. The number of piperidine rings is 1. The maximum absolute atomic E-state index is 13.3. The number of aryl methyl sites for hydroxylation is 2. The summed E-state index contributed by atoms with van der Waals surface area (Å²) < 4.78 is 0. The Labute approximate surface area is 215 Å². The zero-order chi connectivity index (χ0) is 25.1. The second kappa shape index (κ2) is 11.1. The van der Waals surface area contributed by atoms with Crippen LogP contribution < -0.4 is 4.90 Å². The van der Waals surface area contributed by atoms with Crippen LogP contribution in [0.5, 0.6) is 0 Å². The molecule has 2 fully saturated rings. The molecule has 5 nitrogen and oxygen atoms in total. The van der Waals surface area contributed by atoms with Crippen LogP contribution in [0.3, 0.4) is 0 Å². The fourth-order valence-electron chi connectivity index (χ4n) is 5.20. The third kappa shape index (κ3) is 6.07. The van der Waals surface area contributed by atoms with Crippen molar-refractivity contribution in [3.63, 3.8) is 0 Å². The van der Waals surface area contributed by atoms with Gasteiger partial charge in [0.15, 0.2) is 0 Å². The second-order valence-electron chi connectivity index (χ2n) is 10.4. The van der Waals surface area contributed by atoms with Gasteiger partial charge in [-0.2, -0.15) is 0 Å². The van der Waals surface area contributed by atoms with Gasteiger partial charge in [0.2, 0.25) is 5.91 Å². The minimum Gasteiger partial charge on any atom is -0.371 e. The zero-order valence-electron chi connectivity index (χ0n) is 21.9. The molecule has 0 aromatic heterocycles. The lowest BCUT2D eigenvalue weighted by molar-refractivity contribution is -0.137. The van der Waals surface area contributed by atoms with E-state index >= 15 is 0 Å². The van der Waals surface area contributed by atoms with E-state index in [0.717, 1.165) is 80.3 Å².